The van der Waals surface area contributed by atoms with Gasteiger partial charge in [0.15, 0.2) is 0 Å². The standard InChI is InChI=1S/C18H28N2O/c1-13-11-17(18(21)16-9-5-4-8-15(13)16)20(3)12-14-7-6-10-19(14)2/h4-5,8-9,13-14,17-18,21H,6-7,10-12H2,1-3H3. The second kappa shape index (κ2) is 6.07. The van der Waals surface area contributed by atoms with E-state index in [1.165, 1.54) is 24.9 Å². The molecular formula is C18H28N2O. The van der Waals surface area contributed by atoms with E-state index in [1.807, 2.05) is 6.07 Å². The van der Waals surface area contributed by atoms with Crippen molar-refractivity contribution < 1.29 is 5.11 Å². The summed E-state index contributed by atoms with van der Waals surface area (Å²) in [4.78, 5) is 4.85. The lowest BCUT2D eigenvalue weighted by atomic mass is 9.79. The van der Waals surface area contributed by atoms with Crippen LogP contribution in [-0.2, 0) is 0 Å². The minimum atomic E-state index is -0.353. The van der Waals surface area contributed by atoms with Gasteiger partial charge in [-0.05, 0) is 56.9 Å². The average Bonchev–Trinajstić information content (AvgIpc) is 2.88. The largest absolute Gasteiger partial charge is 0.387 e. The van der Waals surface area contributed by atoms with Crippen molar-refractivity contribution in [3.63, 3.8) is 0 Å². The van der Waals surface area contributed by atoms with E-state index in [0.717, 1.165) is 18.5 Å². The third kappa shape index (κ3) is 2.87. The highest BCUT2D eigenvalue weighted by atomic mass is 16.3. The Hall–Kier alpha value is -0.900. The predicted molar refractivity (Wildman–Crippen MR) is 86.5 cm³/mol. The van der Waals surface area contributed by atoms with E-state index in [-0.39, 0.29) is 12.1 Å². The molecule has 1 saturated heterocycles. The summed E-state index contributed by atoms with van der Waals surface area (Å²) in [5, 5.41) is 10.8. The Morgan fingerprint density at radius 2 is 2.00 bits per heavy atom. The van der Waals surface area contributed by atoms with Gasteiger partial charge in [0.25, 0.3) is 0 Å². The van der Waals surface area contributed by atoms with Crippen LogP contribution in [-0.4, -0.2) is 54.2 Å². The number of rotatable bonds is 3. The second-order valence-corrected chi connectivity index (χ2v) is 6.99. The molecule has 0 radical (unpaired) electrons. The molecule has 4 unspecified atom stereocenters. The minimum absolute atomic E-state index is 0.240. The molecule has 116 valence electrons. The fourth-order valence-electron chi connectivity index (χ4n) is 4.15. The number of aliphatic hydroxyl groups excluding tert-OH is 1. The molecule has 3 rings (SSSR count). The lowest BCUT2D eigenvalue weighted by molar-refractivity contribution is 0.0350. The predicted octanol–water partition coefficient (Wildman–Crippen LogP) is 2.62. The topological polar surface area (TPSA) is 26.7 Å². The van der Waals surface area contributed by atoms with E-state index < -0.39 is 0 Å². The van der Waals surface area contributed by atoms with Crippen molar-refractivity contribution in [2.75, 3.05) is 27.2 Å². The molecule has 1 heterocycles. The van der Waals surface area contributed by atoms with Crippen LogP contribution in [0.4, 0.5) is 0 Å². The summed E-state index contributed by atoms with van der Waals surface area (Å²) in [6.45, 7) is 4.56. The maximum absolute atomic E-state index is 10.8. The summed E-state index contributed by atoms with van der Waals surface area (Å²) < 4.78 is 0. The van der Waals surface area contributed by atoms with Crippen LogP contribution in [0.25, 0.3) is 0 Å². The Kier molecular flexibility index (Phi) is 4.34. The van der Waals surface area contributed by atoms with Crippen molar-refractivity contribution in [2.24, 2.45) is 0 Å². The van der Waals surface area contributed by atoms with Crippen molar-refractivity contribution in [1.29, 1.82) is 0 Å². The van der Waals surface area contributed by atoms with E-state index >= 15 is 0 Å². The molecule has 0 saturated carbocycles. The zero-order chi connectivity index (χ0) is 15.0. The van der Waals surface area contributed by atoms with Crippen molar-refractivity contribution in [3.05, 3.63) is 35.4 Å². The summed E-state index contributed by atoms with van der Waals surface area (Å²) in [6.07, 6.45) is 3.29. The average molecular weight is 288 g/mol. The molecule has 0 amide bonds. The van der Waals surface area contributed by atoms with Gasteiger partial charge in [-0.25, -0.2) is 0 Å². The highest BCUT2D eigenvalue weighted by Crippen LogP contribution is 2.39. The summed E-state index contributed by atoms with van der Waals surface area (Å²) in [5.74, 6) is 0.526. The number of hydrogen-bond donors (Lipinski definition) is 1. The van der Waals surface area contributed by atoms with Gasteiger partial charge in [-0.3, -0.25) is 4.90 Å². The first-order valence-electron chi connectivity index (χ1n) is 8.25. The summed E-state index contributed by atoms with van der Waals surface area (Å²) in [5.41, 5.74) is 2.46. The zero-order valence-electron chi connectivity index (χ0n) is 13.5. The van der Waals surface area contributed by atoms with E-state index in [9.17, 15) is 5.11 Å². The Bertz CT molecular complexity index is 490. The summed E-state index contributed by atoms with van der Waals surface area (Å²) >= 11 is 0. The van der Waals surface area contributed by atoms with E-state index in [1.54, 1.807) is 0 Å². The number of aliphatic hydroxyl groups is 1. The molecule has 4 atom stereocenters. The van der Waals surface area contributed by atoms with Crippen molar-refractivity contribution >= 4 is 0 Å². The number of benzene rings is 1. The smallest absolute Gasteiger partial charge is 0.0948 e. The van der Waals surface area contributed by atoms with Crippen molar-refractivity contribution in [1.82, 2.24) is 9.80 Å². The fourth-order valence-corrected chi connectivity index (χ4v) is 4.15. The molecule has 0 bridgehead atoms. The first-order valence-corrected chi connectivity index (χ1v) is 8.25. The molecule has 0 spiro atoms. The zero-order valence-corrected chi connectivity index (χ0v) is 13.5. The van der Waals surface area contributed by atoms with Crippen LogP contribution >= 0.6 is 0 Å². The van der Waals surface area contributed by atoms with E-state index in [0.29, 0.717) is 12.0 Å². The van der Waals surface area contributed by atoms with Gasteiger partial charge in [0.2, 0.25) is 0 Å². The van der Waals surface area contributed by atoms with E-state index in [2.05, 4.69) is 49.0 Å². The van der Waals surface area contributed by atoms with Crippen LogP contribution in [0.5, 0.6) is 0 Å². The van der Waals surface area contributed by atoms with Crippen LogP contribution in [0, 0.1) is 0 Å². The van der Waals surface area contributed by atoms with Crippen LogP contribution in [0.3, 0.4) is 0 Å². The van der Waals surface area contributed by atoms with Crippen molar-refractivity contribution in [3.8, 4) is 0 Å². The van der Waals surface area contributed by atoms with Gasteiger partial charge in [0, 0.05) is 18.6 Å². The van der Waals surface area contributed by atoms with Crippen LogP contribution in [0.2, 0.25) is 0 Å². The highest BCUT2D eigenvalue weighted by molar-refractivity contribution is 5.35. The molecule has 21 heavy (non-hydrogen) atoms. The number of likely N-dealkylation sites (tertiary alicyclic amines) is 1. The van der Waals surface area contributed by atoms with Gasteiger partial charge in [-0.2, -0.15) is 0 Å². The summed E-state index contributed by atoms with van der Waals surface area (Å²) in [6, 6.07) is 9.28. The lowest BCUT2D eigenvalue weighted by Crippen LogP contribution is -2.46. The Balaban J connectivity index is 1.74. The van der Waals surface area contributed by atoms with Gasteiger partial charge in [-0.1, -0.05) is 31.2 Å². The van der Waals surface area contributed by atoms with Crippen LogP contribution < -0.4 is 0 Å². The molecule has 1 fully saturated rings. The molecule has 1 N–H and O–H groups in total. The minimum Gasteiger partial charge on any atom is -0.387 e. The first kappa shape index (κ1) is 15.0. The molecule has 1 aromatic carbocycles. The fraction of sp³-hybridized carbons (Fsp3) is 0.667. The van der Waals surface area contributed by atoms with Gasteiger partial charge >= 0.3 is 0 Å². The highest BCUT2D eigenvalue weighted by Gasteiger charge is 2.35. The van der Waals surface area contributed by atoms with Crippen molar-refractivity contribution in [2.45, 2.75) is 50.3 Å². The first-order chi connectivity index (χ1) is 10.1. The molecule has 3 heteroatoms. The van der Waals surface area contributed by atoms with Crippen LogP contribution in [0.15, 0.2) is 24.3 Å². The van der Waals surface area contributed by atoms with Gasteiger partial charge < -0.3 is 10.0 Å². The molecule has 1 aliphatic carbocycles. The molecule has 2 aliphatic rings. The Labute approximate surface area is 128 Å². The van der Waals surface area contributed by atoms with Crippen LogP contribution in [0.1, 0.15) is 49.3 Å². The Morgan fingerprint density at radius 3 is 2.67 bits per heavy atom. The lowest BCUT2D eigenvalue weighted by Gasteiger charge is -2.40. The maximum Gasteiger partial charge on any atom is 0.0948 e. The summed E-state index contributed by atoms with van der Waals surface area (Å²) in [7, 11) is 4.40. The number of hydrogen-bond acceptors (Lipinski definition) is 3. The quantitative estimate of drug-likeness (QED) is 0.926. The number of likely N-dealkylation sites (N-methyl/N-ethyl adjacent to an activating group) is 2. The second-order valence-electron chi connectivity index (χ2n) is 6.99. The SMILES string of the molecule is CC1CC(N(C)CC2CCCN2C)C(O)c2ccccc21. The molecule has 1 aromatic rings. The third-order valence-corrected chi connectivity index (χ3v) is 5.54. The van der Waals surface area contributed by atoms with E-state index in [4.69, 9.17) is 0 Å². The molecule has 0 aromatic heterocycles. The third-order valence-electron chi connectivity index (χ3n) is 5.54. The van der Waals surface area contributed by atoms with Gasteiger partial charge in [-0.15, -0.1) is 0 Å². The Morgan fingerprint density at radius 1 is 1.29 bits per heavy atom. The number of nitrogens with zero attached hydrogens (tertiary/aromatic N) is 2. The molecular weight excluding hydrogens is 260 g/mol. The molecule has 3 nitrogen and oxygen atoms in total. The maximum atomic E-state index is 10.8. The number of fused-ring (bicyclic) bond motifs is 1. The monoisotopic (exact) mass is 288 g/mol. The van der Waals surface area contributed by atoms with Gasteiger partial charge in [0.1, 0.15) is 0 Å². The molecule has 1 aliphatic heterocycles. The van der Waals surface area contributed by atoms with Gasteiger partial charge in [0.05, 0.1) is 6.10 Å². The normalized spacial score (nSPS) is 33.4.